The zero-order valence-electron chi connectivity index (χ0n) is 13.9. The summed E-state index contributed by atoms with van der Waals surface area (Å²) in [5, 5.41) is 0. The summed E-state index contributed by atoms with van der Waals surface area (Å²) in [4.78, 5) is 4.81. The van der Waals surface area contributed by atoms with Crippen molar-refractivity contribution in [3.8, 4) is 0 Å². The van der Waals surface area contributed by atoms with Crippen LogP contribution in [0.3, 0.4) is 0 Å². The van der Waals surface area contributed by atoms with Crippen LogP contribution in [0.15, 0.2) is 30.3 Å². The SMILES string of the molecule is CC1(S(=O)(=O)NCCN2CCN(Cc3ccccc3)CC2)CC1. The third-order valence-electron chi connectivity index (χ3n) is 5.04. The lowest BCUT2D eigenvalue weighted by Crippen LogP contribution is -2.48. The monoisotopic (exact) mass is 337 g/mol. The molecule has 1 aliphatic carbocycles. The van der Waals surface area contributed by atoms with E-state index < -0.39 is 14.8 Å². The van der Waals surface area contributed by atoms with Gasteiger partial charge < -0.3 is 0 Å². The molecule has 1 saturated carbocycles. The smallest absolute Gasteiger partial charge is 0.217 e. The minimum atomic E-state index is -3.13. The van der Waals surface area contributed by atoms with Gasteiger partial charge >= 0.3 is 0 Å². The molecule has 1 saturated heterocycles. The molecule has 0 unspecified atom stereocenters. The van der Waals surface area contributed by atoms with Gasteiger partial charge in [0.15, 0.2) is 0 Å². The van der Waals surface area contributed by atoms with E-state index in [0.29, 0.717) is 6.54 Å². The van der Waals surface area contributed by atoms with Crippen LogP contribution in [0.2, 0.25) is 0 Å². The van der Waals surface area contributed by atoms with Gasteiger partial charge in [-0.2, -0.15) is 0 Å². The Labute approximate surface area is 139 Å². The summed E-state index contributed by atoms with van der Waals surface area (Å²) in [6.07, 6.45) is 1.58. The summed E-state index contributed by atoms with van der Waals surface area (Å²) in [5.74, 6) is 0. The molecule has 1 aromatic carbocycles. The average molecular weight is 337 g/mol. The molecule has 23 heavy (non-hydrogen) atoms. The maximum Gasteiger partial charge on any atom is 0.217 e. The second-order valence-corrected chi connectivity index (χ2v) is 9.23. The molecule has 6 heteroatoms. The molecule has 0 bridgehead atoms. The highest BCUT2D eigenvalue weighted by Gasteiger charge is 2.49. The zero-order chi connectivity index (χ0) is 16.3. The van der Waals surface area contributed by atoms with Crippen LogP contribution >= 0.6 is 0 Å². The van der Waals surface area contributed by atoms with E-state index in [4.69, 9.17) is 0 Å². The first-order chi connectivity index (χ1) is 11.0. The molecular weight excluding hydrogens is 310 g/mol. The molecule has 128 valence electrons. The van der Waals surface area contributed by atoms with E-state index in [0.717, 1.165) is 52.1 Å². The lowest BCUT2D eigenvalue weighted by Gasteiger charge is -2.34. The van der Waals surface area contributed by atoms with Gasteiger partial charge in [0.25, 0.3) is 0 Å². The fourth-order valence-electron chi connectivity index (χ4n) is 2.97. The maximum absolute atomic E-state index is 12.1. The third kappa shape index (κ3) is 4.32. The number of piperazine rings is 1. The fraction of sp³-hybridized carbons (Fsp3) is 0.647. The van der Waals surface area contributed by atoms with Crippen LogP contribution in [0, 0.1) is 0 Å². The summed E-state index contributed by atoms with van der Waals surface area (Å²) in [7, 11) is -3.13. The number of nitrogens with zero attached hydrogens (tertiary/aromatic N) is 2. The van der Waals surface area contributed by atoms with Gasteiger partial charge in [-0.1, -0.05) is 30.3 Å². The third-order valence-corrected chi connectivity index (χ3v) is 7.33. The Morgan fingerprint density at radius 1 is 1.04 bits per heavy atom. The molecule has 0 aromatic heterocycles. The standard InChI is InChI=1S/C17H27N3O2S/c1-17(7-8-17)23(21,22)18-9-10-19-11-13-20(14-12-19)15-16-5-3-2-4-6-16/h2-6,18H,7-15H2,1H3. The first-order valence-electron chi connectivity index (χ1n) is 8.46. The Morgan fingerprint density at radius 3 is 2.26 bits per heavy atom. The van der Waals surface area contributed by atoms with Crippen molar-refractivity contribution < 1.29 is 8.42 Å². The van der Waals surface area contributed by atoms with Crippen molar-refractivity contribution in [1.82, 2.24) is 14.5 Å². The molecular formula is C17H27N3O2S. The van der Waals surface area contributed by atoms with Crippen molar-refractivity contribution in [1.29, 1.82) is 0 Å². The summed E-state index contributed by atoms with van der Waals surface area (Å²) in [5.41, 5.74) is 1.35. The highest BCUT2D eigenvalue weighted by molar-refractivity contribution is 7.91. The molecule has 1 heterocycles. The number of rotatable bonds is 7. The van der Waals surface area contributed by atoms with E-state index in [1.807, 2.05) is 13.0 Å². The number of hydrogen-bond donors (Lipinski definition) is 1. The van der Waals surface area contributed by atoms with Gasteiger partial charge in [0.05, 0.1) is 4.75 Å². The summed E-state index contributed by atoms with van der Waals surface area (Å²) < 4.78 is 26.4. The number of hydrogen-bond acceptors (Lipinski definition) is 4. The molecule has 1 aliphatic heterocycles. The zero-order valence-corrected chi connectivity index (χ0v) is 14.7. The molecule has 2 aliphatic rings. The van der Waals surface area contributed by atoms with Gasteiger partial charge in [-0.25, -0.2) is 13.1 Å². The van der Waals surface area contributed by atoms with E-state index in [1.165, 1.54) is 5.56 Å². The highest BCUT2D eigenvalue weighted by atomic mass is 32.2. The molecule has 5 nitrogen and oxygen atoms in total. The van der Waals surface area contributed by atoms with Crippen molar-refractivity contribution in [3.63, 3.8) is 0 Å². The van der Waals surface area contributed by atoms with Crippen molar-refractivity contribution in [2.45, 2.75) is 31.1 Å². The minimum Gasteiger partial charge on any atom is -0.299 e. The summed E-state index contributed by atoms with van der Waals surface area (Å²) in [6, 6.07) is 10.5. The number of sulfonamides is 1. The Hall–Kier alpha value is -0.950. The van der Waals surface area contributed by atoms with Crippen LogP contribution in [0.5, 0.6) is 0 Å². The van der Waals surface area contributed by atoms with Crippen molar-refractivity contribution >= 4 is 10.0 Å². The average Bonchev–Trinajstić information content (AvgIpc) is 3.30. The fourth-order valence-corrected chi connectivity index (χ4v) is 4.32. The molecule has 1 aromatic rings. The molecule has 3 rings (SSSR count). The van der Waals surface area contributed by atoms with Crippen molar-refractivity contribution in [2.75, 3.05) is 39.3 Å². The largest absolute Gasteiger partial charge is 0.299 e. The van der Waals surface area contributed by atoms with Crippen molar-refractivity contribution in [3.05, 3.63) is 35.9 Å². The Morgan fingerprint density at radius 2 is 1.65 bits per heavy atom. The van der Waals surface area contributed by atoms with E-state index in [9.17, 15) is 8.42 Å². The van der Waals surface area contributed by atoms with Crippen LogP contribution in [0.25, 0.3) is 0 Å². The Balaban J connectivity index is 1.36. The number of benzene rings is 1. The Bertz CT molecular complexity index is 606. The normalized spacial score (nSPS) is 22.1. The van der Waals surface area contributed by atoms with Crippen LogP contribution in [-0.2, 0) is 16.6 Å². The first-order valence-corrected chi connectivity index (χ1v) is 9.95. The van der Waals surface area contributed by atoms with Gasteiger partial charge in [-0.3, -0.25) is 9.80 Å². The van der Waals surface area contributed by atoms with Gasteiger partial charge in [0, 0.05) is 45.8 Å². The molecule has 0 amide bonds. The molecule has 1 N–H and O–H groups in total. The van der Waals surface area contributed by atoms with E-state index in [1.54, 1.807) is 0 Å². The van der Waals surface area contributed by atoms with Crippen LogP contribution in [0.4, 0.5) is 0 Å². The topological polar surface area (TPSA) is 52.7 Å². The van der Waals surface area contributed by atoms with E-state index in [-0.39, 0.29) is 0 Å². The van der Waals surface area contributed by atoms with E-state index >= 15 is 0 Å². The van der Waals surface area contributed by atoms with Crippen LogP contribution < -0.4 is 4.72 Å². The lowest BCUT2D eigenvalue weighted by molar-refractivity contribution is 0.129. The van der Waals surface area contributed by atoms with E-state index in [2.05, 4.69) is 38.8 Å². The second kappa shape index (κ2) is 6.89. The molecule has 0 radical (unpaired) electrons. The minimum absolute atomic E-state index is 0.499. The number of nitrogens with one attached hydrogen (secondary N) is 1. The first kappa shape index (κ1) is 16.9. The second-order valence-electron chi connectivity index (χ2n) is 6.95. The Kier molecular flexibility index (Phi) is 5.06. The highest BCUT2D eigenvalue weighted by Crippen LogP contribution is 2.42. The summed E-state index contributed by atoms with van der Waals surface area (Å²) in [6.45, 7) is 8.25. The predicted octanol–water partition coefficient (Wildman–Crippen LogP) is 1.28. The predicted molar refractivity (Wildman–Crippen MR) is 92.7 cm³/mol. The van der Waals surface area contributed by atoms with Gasteiger partial charge in [-0.15, -0.1) is 0 Å². The van der Waals surface area contributed by atoms with Gasteiger partial charge in [-0.05, 0) is 25.3 Å². The summed E-state index contributed by atoms with van der Waals surface area (Å²) >= 11 is 0. The maximum atomic E-state index is 12.1. The van der Waals surface area contributed by atoms with Crippen LogP contribution in [0.1, 0.15) is 25.3 Å². The quantitative estimate of drug-likeness (QED) is 0.814. The molecule has 0 spiro atoms. The lowest BCUT2D eigenvalue weighted by atomic mass is 10.2. The molecule has 0 atom stereocenters. The molecule has 2 fully saturated rings. The van der Waals surface area contributed by atoms with Crippen LogP contribution in [-0.4, -0.2) is 62.2 Å². The van der Waals surface area contributed by atoms with Crippen molar-refractivity contribution in [2.24, 2.45) is 0 Å². The van der Waals surface area contributed by atoms with Gasteiger partial charge in [0.2, 0.25) is 10.0 Å². The van der Waals surface area contributed by atoms with Gasteiger partial charge in [0.1, 0.15) is 0 Å².